The van der Waals surface area contributed by atoms with Crippen LogP contribution in [0.2, 0.25) is 0 Å². The Balaban J connectivity index is 1.27. The topological polar surface area (TPSA) is 76.5 Å². The van der Waals surface area contributed by atoms with Crippen LogP contribution in [0.4, 0.5) is 5.82 Å². The molecule has 1 unspecified atom stereocenters. The number of fused-ring (bicyclic) bond motifs is 1. The van der Waals surface area contributed by atoms with Crippen LogP contribution in [0.5, 0.6) is 0 Å². The lowest BCUT2D eigenvalue weighted by atomic mass is 10.1. The molecule has 7 heteroatoms. The van der Waals surface area contributed by atoms with Gasteiger partial charge < -0.3 is 14.6 Å². The fraction of sp³-hybridized carbons (Fsp3) is 0.621. The van der Waals surface area contributed by atoms with E-state index in [0.717, 1.165) is 82.0 Å². The molecule has 0 saturated carbocycles. The maximum Gasteiger partial charge on any atom is 0.250 e. The van der Waals surface area contributed by atoms with E-state index < -0.39 is 6.04 Å². The van der Waals surface area contributed by atoms with E-state index in [1.165, 1.54) is 12.0 Å². The van der Waals surface area contributed by atoms with Crippen molar-refractivity contribution in [3.63, 3.8) is 0 Å². The third kappa shape index (κ3) is 6.83. The average molecular weight is 495 g/mol. The lowest BCUT2D eigenvalue weighted by Crippen LogP contribution is -2.37. The number of ether oxygens (including phenoxy) is 1. The smallest absolute Gasteiger partial charge is 0.250 e. The Morgan fingerprint density at radius 2 is 2.08 bits per heavy atom. The molecule has 4 rings (SSSR count). The van der Waals surface area contributed by atoms with Gasteiger partial charge in [-0.15, -0.1) is 0 Å². The van der Waals surface area contributed by atoms with E-state index in [1.807, 2.05) is 6.07 Å². The number of carbonyl (C=O) groups excluding carboxylic acids is 1. The number of hydrogen-bond acceptors (Lipinski definition) is 6. The maximum absolute atomic E-state index is 12.8. The molecule has 36 heavy (non-hydrogen) atoms. The number of anilines is 1. The molecule has 2 aliphatic rings. The van der Waals surface area contributed by atoms with Gasteiger partial charge in [0, 0.05) is 50.2 Å². The summed E-state index contributed by atoms with van der Waals surface area (Å²) in [5.74, 6) is 1.63. The lowest BCUT2D eigenvalue weighted by Gasteiger charge is -2.28. The third-order valence-electron chi connectivity index (χ3n) is 7.35. The van der Waals surface area contributed by atoms with E-state index in [1.54, 1.807) is 23.6 Å². The molecule has 1 N–H and O–H groups in total. The molecule has 2 aliphatic heterocycles. The predicted molar refractivity (Wildman–Crippen MR) is 143 cm³/mol. The van der Waals surface area contributed by atoms with Gasteiger partial charge in [0.15, 0.2) is 5.78 Å². The Kier molecular flexibility index (Phi) is 9.32. The summed E-state index contributed by atoms with van der Waals surface area (Å²) in [6.45, 7) is 9.83. The Morgan fingerprint density at radius 3 is 2.89 bits per heavy atom. The Labute approximate surface area is 215 Å². The summed E-state index contributed by atoms with van der Waals surface area (Å²) in [4.78, 5) is 32.4. The van der Waals surface area contributed by atoms with Crippen LogP contribution in [0.1, 0.15) is 75.9 Å². The molecule has 0 amide bonds. The molecular weight excluding hydrogens is 452 g/mol. The van der Waals surface area contributed by atoms with Crippen molar-refractivity contribution in [2.45, 2.75) is 84.4 Å². The molecule has 2 atom stereocenters. The van der Waals surface area contributed by atoms with Gasteiger partial charge in [-0.05, 0) is 75.5 Å². The van der Waals surface area contributed by atoms with Crippen molar-refractivity contribution in [2.75, 3.05) is 31.6 Å². The van der Waals surface area contributed by atoms with Crippen LogP contribution in [0.25, 0.3) is 0 Å². The predicted octanol–water partition coefficient (Wildman–Crippen LogP) is 4.39. The first kappa shape index (κ1) is 26.6. The number of carbonyl (C=O) groups is 1. The highest BCUT2D eigenvalue weighted by molar-refractivity contribution is 5.82. The molecule has 0 aromatic carbocycles. The summed E-state index contributed by atoms with van der Waals surface area (Å²) in [6.07, 6.45) is 7.24. The van der Waals surface area contributed by atoms with Crippen LogP contribution in [0, 0.1) is 5.92 Å². The molecule has 4 heterocycles. The zero-order valence-electron chi connectivity index (χ0n) is 22.2. The summed E-state index contributed by atoms with van der Waals surface area (Å²) >= 11 is 0. The van der Waals surface area contributed by atoms with Crippen LogP contribution in [-0.2, 0) is 28.9 Å². The SMILES string of the molecule is CC(=O)C(c1cccc(=O)n1CCC(C)C)N1CC[C@@H](OCCCCc2ccc3c(n2)NCCC3)C1. The minimum absolute atomic E-state index is 0.0319. The van der Waals surface area contributed by atoms with Crippen molar-refractivity contribution in [1.29, 1.82) is 0 Å². The maximum atomic E-state index is 12.8. The lowest BCUT2D eigenvalue weighted by molar-refractivity contribution is -0.122. The molecule has 0 aliphatic carbocycles. The van der Waals surface area contributed by atoms with Crippen LogP contribution >= 0.6 is 0 Å². The average Bonchev–Trinajstić information content (AvgIpc) is 3.31. The van der Waals surface area contributed by atoms with E-state index in [4.69, 9.17) is 9.72 Å². The molecule has 0 radical (unpaired) electrons. The molecule has 196 valence electrons. The largest absolute Gasteiger partial charge is 0.377 e. The molecule has 2 aromatic rings. The molecule has 7 nitrogen and oxygen atoms in total. The van der Waals surface area contributed by atoms with Crippen molar-refractivity contribution in [3.05, 3.63) is 57.6 Å². The highest BCUT2D eigenvalue weighted by atomic mass is 16.5. The van der Waals surface area contributed by atoms with E-state index in [0.29, 0.717) is 12.5 Å². The van der Waals surface area contributed by atoms with E-state index in [2.05, 4.69) is 36.2 Å². The van der Waals surface area contributed by atoms with Gasteiger partial charge in [0.05, 0.1) is 6.10 Å². The van der Waals surface area contributed by atoms with Gasteiger partial charge in [-0.3, -0.25) is 14.5 Å². The molecule has 1 fully saturated rings. The number of aryl methyl sites for hydroxylation is 2. The molecule has 1 saturated heterocycles. The number of unbranched alkanes of at least 4 members (excludes halogenated alkanes) is 1. The fourth-order valence-electron chi connectivity index (χ4n) is 5.34. The molecule has 0 spiro atoms. The number of aromatic nitrogens is 2. The summed E-state index contributed by atoms with van der Waals surface area (Å²) in [7, 11) is 0. The van der Waals surface area contributed by atoms with E-state index in [9.17, 15) is 9.59 Å². The van der Waals surface area contributed by atoms with Crippen LogP contribution < -0.4 is 10.9 Å². The number of likely N-dealkylation sites (tertiary alicyclic amines) is 1. The number of Topliss-reactive ketones (excluding diaryl/α,β-unsaturated/α-hetero) is 1. The van der Waals surface area contributed by atoms with Gasteiger partial charge in [0.25, 0.3) is 5.56 Å². The minimum Gasteiger partial charge on any atom is -0.377 e. The number of hydrogen-bond donors (Lipinski definition) is 1. The number of nitrogens with one attached hydrogen (secondary N) is 1. The fourth-order valence-corrected chi connectivity index (χ4v) is 5.34. The van der Waals surface area contributed by atoms with Crippen LogP contribution in [0.3, 0.4) is 0 Å². The standard InChI is InChI=1S/C29H42N4O3/c1-21(2)14-18-33-26(10-6-11-27(33)35)28(22(3)34)32-17-15-25(20-32)36-19-5-4-9-24-13-12-23-8-7-16-30-29(23)31-24/h6,10-13,21,25,28H,4-5,7-9,14-20H2,1-3H3,(H,30,31)/t25-,28?/m1/s1. The molecular formula is C29H42N4O3. The summed E-state index contributed by atoms with van der Waals surface area (Å²) in [5, 5.41) is 3.41. The number of pyridine rings is 2. The van der Waals surface area contributed by atoms with Crippen molar-refractivity contribution in [1.82, 2.24) is 14.5 Å². The summed E-state index contributed by atoms with van der Waals surface area (Å²) in [6, 6.07) is 9.28. The van der Waals surface area contributed by atoms with E-state index >= 15 is 0 Å². The van der Waals surface area contributed by atoms with Gasteiger partial charge >= 0.3 is 0 Å². The first-order valence-corrected chi connectivity index (χ1v) is 13.7. The highest BCUT2D eigenvalue weighted by Gasteiger charge is 2.33. The van der Waals surface area contributed by atoms with Crippen molar-refractivity contribution >= 4 is 11.6 Å². The summed E-state index contributed by atoms with van der Waals surface area (Å²) < 4.78 is 8.00. The first-order valence-electron chi connectivity index (χ1n) is 13.7. The first-order chi connectivity index (χ1) is 17.4. The van der Waals surface area contributed by atoms with Gasteiger partial charge in [-0.2, -0.15) is 0 Å². The van der Waals surface area contributed by atoms with Crippen molar-refractivity contribution in [2.24, 2.45) is 5.92 Å². The van der Waals surface area contributed by atoms with Crippen LogP contribution in [-0.4, -0.2) is 52.6 Å². The monoisotopic (exact) mass is 494 g/mol. The van der Waals surface area contributed by atoms with Gasteiger partial charge in [-0.1, -0.05) is 26.0 Å². The van der Waals surface area contributed by atoms with Crippen molar-refractivity contribution < 1.29 is 9.53 Å². The highest BCUT2D eigenvalue weighted by Crippen LogP contribution is 2.27. The number of rotatable bonds is 12. The van der Waals surface area contributed by atoms with Crippen molar-refractivity contribution in [3.8, 4) is 0 Å². The van der Waals surface area contributed by atoms with Gasteiger partial charge in [0.2, 0.25) is 0 Å². The van der Waals surface area contributed by atoms with Crippen LogP contribution in [0.15, 0.2) is 35.1 Å². The second kappa shape index (κ2) is 12.6. The normalized spacial score (nSPS) is 18.7. The Morgan fingerprint density at radius 1 is 1.22 bits per heavy atom. The zero-order valence-corrected chi connectivity index (χ0v) is 22.2. The second-order valence-corrected chi connectivity index (χ2v) is 10.7. The zero-order chi connectivity index (χ0) is 25.5. The molecule has 2 aromatic heterocycles. The second-order valence-electron chi connectivity index (χ2n) is 10.7. The minimum atomic E-state index is -0.400. The molecule has 0 bridgehead atoms. The Hall–Kier alpha value is -2.51. The Bertz CT molecular complexity index is 1080. The number of ketones is 1. The summed E-state index contributed by atoms with van der Waals surface area (Å²) in [5.41, 5.74) is 3.25. The number of nitrogens with zero attached hydrogens (tertiary/aromatic N) is 3. The van der Waals surface area contributed by atoms with E-state index in [-0.39, 0.29) is 17.4 Å². The van der Waals surface area contributed by atoms with Gasteiger partial charge in [-0.25, -0.2) is 4.98 Å². The third-order valence-corrected chi connectivity index (χ3v) is 7.35. The quantitative estimate of drug-likeness (QED) is 0.441. The van der Waals surface area contributed by atoms with Gasteiger partial charge in [0.1, 0.15) is 11.9 Å².